The van der Waals surface area contributed by atoms with Crippen molar-refractivity contribution in [3.8, 4) is 0 Å². The molecule has 0 N–H and O–H groups in total. The molecular weight excluding hydrogens is 228 g/mol. The van der Waals surface area contributed by atoms with Crippen LogP contribution in [0.1, 0.15) is 41.3 Å². The fourth-order valence-corrected chi connectivity index (χ4v) is 2.05. The van der Waals surface area contributed by atoms with Gasteiger partial charge in [-0.05, 0) is 43.4 Å². The van der Waals surface area contributed by atoms with Gasteiger partial charge in [-0.25, -0.2) is 4.79 Å². The predicted octanol–water partition coefficient (Wildman–Crippen LogP) is 2.78. The quantitative estimate of drug-likeness (QED) is 0.466. The van der Waals surface area contributed by atoms with Crippen LogP contribution in [0.2, 0.25) is 0 Å². The van der Waals surface area contributed by atoms with E-state index < -0.39 is 11.8 Å². The minimum Gasteiger partial charge on any atom is -0.460 e. The molecule has 3 heteroatoms. The van der Waals surface area contributed by atoms with E-state index in [1.54, 1.807) is 19.1 Å². The highest BCUT2D eigenvalue weighted by Gasteiger charge is 2.18. The average molecular weight is 244 g/mol. The van der Waals surface area contributed by atoms with Crippen LogP contribution in [0.5, 0.6) is 0 Å². The summed E-state index contributed by atoms with van der Waals surface area (Å²) in [5, 5.41) is 0. The van der Waals surface area contributed by atoms with E-state index in [9.17, 15) is 9.59 Å². The van der Waals surface area contributed by atoms with Crippen LogP contribution in [-0.2, 0) is 16.0 Å². The minimum atomic E-state index is -0.782. The number of aryl methyl sites for hydroxylation is 1. The Labute approximate surface area is 106 Å². The summed E-state index contributed by atoms with van der Waals surface area (Å²) < 4.78 is 4.72. The van der Waals surface area contributed by atoms with Crippen LogP contribution >= 0.6 is 0 Å². The molecule has 0 radical (unpaired) electrons. The largest absolute Gasteiger partial charge is 0.460 e. The first-order chi connectivity index (χ1) is 8.72. The van der Waals surface area contributed by atoms with Crippen molar-refractivity contribution in [1.82, 2.24) is 0 Å². The Kier molecular flexibility index (Phi) is 3.92. The number of Topliss-reactive ketones (excluding diaryl/α,β-unsaturated/α-hetero) is 1. The topological polar surface area (TPSA) is 43.4 Å². The van der Waals surface area contributed by atoms with E-state index in [0.29, 0.717) is 5.56 Å². The SMILES string of the molecule is CCOC(=O)C(=O)c1ccc2c(c1)C=CCCC2. The van der Waals surface area contributed by atoms with Gasteiger partial charge in [-0.15, -0.1) is 0 Å². The van der Waals surface area contributed by atoms with Crippen LogP contribution < -0.4 is 0 Å². The number of allylic oxidation sites excluding steroid dienone is 1. The number of rotatable bonds is 3. The Balaban J connectivity index is 2.27. The van der Waals surface area contributed by atoms with E-state index >= 15 is 0 Å². The zero-order chi connectivity index (χ0) is 13.0. The summed E-state index contributed by atoms with van der Waals surface area (Å²) in [6, 6.07) is 5.41. The third kappa shape index (κ3) is 2.67. The number of fused-ring (bicyclic) bond motifs is 1. The zero-order valence-corrected chi connectivity index (χ0v) is 10.4. The molecule has 0 aliphatic heterocycles. The van der Waals surface area contributed by atoms with Gasteiger partial charge in [0.2, 0.25) is 0 Å². The lowest BCUT2D eigenvalue weighted by molar-refractivity contribution is -0.137. The molecule has 94 valence electrons. The Morgan fingerprint density at radius 2 is 2.17 bits per heavy atom. The maximum atomic E-state index is 11.8. The number of carbonyl (C=O) groups excluding carboxylic acids is 2. The number of esters is 1. The van der Waals surface area contributed by atoms with Crippen molar-refractivity contribution in [2.24, 2.45) is 0 Å². The Morgan fingerprint density at radius 1 is 1.33 bits per heavy atom. The lowest BCUT2D eigenvalue weighted by Crippen LogP contribution is -2.17. The molecule has 1 aliphatic rings. The molecule has 1 aliphatic carbocycles. The lowest BCUT2D eigenvalue weighted by Gasteiger charge is -2.06. The molecular formula is C15H16O3. The number of ether oxygens (including phenoxy) is 1. The van der Waals surface area contributed by atoms with Gasteiger partial charge in [0.1, 0.15) is 0 Å². The van der Waals surface area contributed by atoms with Crippen LogP contribution in [0, 0.1) is 0 Å². The van der Waals surface area contributed by atoms with Crippen LogP contribution in [0.25, 0.3) is 6.08 Å². The van der Waals surface area contributed by atoms with Crippen molar-refractivity contribution in [1.29, 1.82) is 0 Å². The monoisotopic (exact) mass is 244 g/mol. The molecule has 0 spiro atoms. The zero-order valence-electron chi connectivity index (χ0n) is 10.4. The second-order valence-electron chi connectivity index (χ2n) is 4.26. The third-order valence-corrected chi connectivity index (χ3v) is 2.98. The highest BCUT2D eigenvalue weighted by atomic mass is 16.5. The van der Waals surface area contributed by atoms with Crippen LogP contribution in [0.4, 0.5) is 0 Å². The summed E-state index contributed by atoms with van der Waals surface area (Å²) >= 11 is 0. The molecule has 0 atom stereocenters. The molecule has 0 fully saturated rings. The fourth-order valence-electron chi connectivity index (χ4n) is 2.05. The molecule has 0 heterocycles. The van der Waals surface area contributed by atoms with E-state index in [0.717, 1.165) is 24.8 Å². The summed E-state index contributed by atoms with van der Waals surface area (Å²) in [6.45, 7) is 1.90. The minimum absolute atomic E-state index is 0.218. The van der Waals surface area contributed by atoms with E-state index in [1.165, 1.54) is 5.56 Å². The standard InChI is InChI=1S/C15H16O3/c1-2-18-15(17)14(16)13-9-8-11-6-4-3-5-7-12(11)10-13/h5,7-10H,2-4,6H2,1H3. The summed E-state index contributed by atoms with van der Waals surface area (Å²) in [7, 11) is 0. The molecule has 18 heavy (non-hydrogen) atoms. The summed E-state index contributed by atoms with van der Waals surface area (Å²) in [6.07, 6.45) is 7.30. The van der Waals surface area contributed by atoms with Gasteiger partial charge in [-0.2, -0.15) is 0 Å². The molecule has 0 aromatic heterocycles. The van der Waals surface area contributed by atoms with Crippen LogP contribution in [0.3, 0.4) is 0 Å². The molecule has 0 bridgehead atoms. The Hall–Kier alpha value is -1.90. The maximum Gasteiger partial charge on any atom is 0.379 e. The van der Waals surface area contributed by atoms with Gasteiger partial charge in [-0.1, -0.05) is 24.3 Å². The van der Waals surface area contributed by atoms with Crippen molar-refractivity contribution in [2.45, 2.75) is 26.2 Å². The van der Waals surface area contributed by atoms with Gasteiger partial charge >= 0.3 is 5.97 Å². The summed E-state index contributed by atoms with van der Waals surface area (Å²) in [4.78, 5) is 23.2. The van der Waals surface area contributed by atoms with E-state index in [1.807, 2.05) is 12.1 Å². The number of carbonyl (C=O) groups is 2. The van der Waals surface area contributed by atoms with E-state index in [2.05, 4.69) is 6.08 Å². The molecule has 3 nitrogen and oxygen atoms in total. The smallest absolute Gasteiger partial charge is 0.379 e. The fraction of sp³-hybridized carbons (Fsp3) is 0.333. The van der Waals surface area contributed by atoms with Crippen molar-refractivity contribution in [3.05, 3.63) is 41.0 Å². The molecule has 0 saturated heterocycles. The third-order valence-electron chi connectivity index (χ3n) is 2.98. The first kappa shape index (κ1) is 12.6. The lowest BCUT2D eigenvalue weighted by atomic mass is 9.99. The number of benzene rings is 1. The van der Waals surface area contributed by atoms with Crippen molar-refractivity contribution in [2.75, 3.05) is 6.61 Å². The van der Waals surface area contributed by atoms with E-state index in [4.69, 9.17) is 4.74 Å². The number of hydrogen-bond donors (Lipinski definition) is 0. The average Bonchev–Trinajstić information content (AvgIpc) is 2.62. The van der Waals surface area contributed by atoms with Gasteiger partial charge in [0.05, 0.1) is 6.61 Å². The Bertz CT molecular complexity index is 500. The molecule has 2 rings (SSSR count). The van der Waals surface area contributed by atoms with Crippen molar-refractivity contribution >= 4 is 17.8 Å². The normalized spacial score (nSPS) is 13.6. The second kappa shape index (κ2) is 5.63. The van der Waals surface area contributed by atoms with Crippen molar-refractivity contribution in [3.63, 3.8) is 0 Å². The van der Waals surface area contributed by atoms with Gasteiger partial charge in [-0.3, -0.25) is 4.79 Å². The number of hydrogen-bond acceptors (Lipinski definition) is 3. The Morgan fingerprint density at radius 3 is 2.94 bits per heavy atom. The van der Waals surface area contributed by atoms with Gasteiger partial charge in [0.25, 0.3) is 5.78 Å². The van der Waals surface area contributed by atoms with Crippen LogP contribution in [-0.4, -0.2) is 18.4 Å². The van der Waals surface area contributed by atoms with Crippen molar-refractivity contribution < 1.29 is 14.3 Å². The van der Waals surface area contributed by atoms with E-state index in [-0.39, 0.29) is 6.61 Å². The summed E-state index contributed by atoms with van der Waals surface area (Å²) in [5.74, 6) is -1.35. The first-order valence-electron chi connectivity index (χ1n) is 6.23. The van der Waals surface area contributed by atoms with Gasteiger partial charge < -0.3 is 4.74 Å². The molecule has 0 amide bonds. The van der Waals surface area contributed by atoms with Gasteiger partial charge in [0, 0.05) is 5.56 Å². The summed E-state index contributed by atoms with van der Waals surface area (Å²) in [5.41, 5.74) is 2.66. The second-order valence-corrected chi connectivity index (χ2v) is 4.26. The highest BCUT2D eigenvalue weighted by molar-refractivity contribution is 6.40. The highest BCUT2D eigenvalue weighted by Crippen LogP contribution is 2.20. The van der Waals surface area contributed by atoms with Crippen LogP contribution in [0.15, 0.2) is 24.3 Å². The molecule has 0 unspecified atom stereocenters. The molecule has 1 aromatic carbocycles. The predicted molar refractivity (Wildman–Crippen MR) is 69.4 cm³/mol. The first-order valence-corrected chi connectivity index (χ1v) is 6.23. The van der Waals surface area contributed by atoms with Gasteiger partial charge in [0.15, 0.2) is 0 Å². The molecule has 0 saturated carbocycles. The molecule has 1 aromatic rings. The maximum absolute atomic E-state index is 11.8. The number of ketones is 1.